The minimum atomic E-state index is -0.418. The van der Waals surface area contributed by atoms with E-state index in [9.17, 15) is 9.59 Å². The van der Waals surface area contributed by atoms with Crippen molar-refractivity contribution in [2.24, 2.45) is 5.73 Å². The lowest BCUT2D eigenvalue weighted by atomic mass is 10.2. The lowest BCUT2D eigenvalue weighted by Gasteiger charge is -2.14. The van der Waals surface area contributed by atoms with Crippen LogP contribution in [0.25, 0.3) is 10.2 Å². The van der Waals surface area contributed by atoms with Crippen molar-refractivity contribution in [3.63, 3.8) is 0 Å². The number of hydrogen-bond acceptors (Lipinski definition) is 5. The standard InChI is InChI=1S/C13H17N3O2S2/c1-6(2)16-12(18)10-7(3)8(4)20-11(10)15-13(16)19-5-9(14)17/h6H,5H2,1-4H3,(H2,14,17). The Kier molecular flexibility index (Phi) is 4.19. The fourth-order valence-corrected chi connectivity index (χ4v) is 3.92. The Bertz CT molecular complexity index is 731. The van der Waals surface area contributed by atoms with Gasteiger partial charge in [-0.1, -0.05) is 11.8 Å². The van der Waals surface area contributed by atoms with Gasteiger partial charge in [-0.3, -0.25) is 14.2 Å². The summed E-state index contributed by atoms with van der Waals surface area (Å²) in [5.41, 5.74) is 6.12. The predicted octanol–water partition coefficient (Wildman–Crippen LogP) is 2.23. The Morgan fingerprint density at radius 3 is 2.65 bits per heavy atom. The molecule has 0 bridgehead atoms. The van der Waals surface area contributed by atoms with Crippen LogP contribution in [0.2, 0.25) is 0 Å². The average molecular weight is 311 g/mol. The summed E-state index contributed by atoms with van der Waals surface area (Å²) in [6.07, 6.45) is 0. The normalized spacial score (nSPS) is 11.4. The number of thioether (sulfide) groups is 1. The third-order valence-electron chi connectivity index (χ3n) is 3.06. The monoisotopic (exact) mass is 311 g/mol. The molecule has 0 radical (unpaired) electrons. The lowest BCUT2D eigenvalue weighted by Crippen LogP contribution is -2.25. The number of hydrogen-bond donors (Lipinski definition) is 1. The smallest absolute Gasteiger partial charge is 0.263 e. The maximum absolute atomic E-state index is 12.7. The van der Waals surface area contributed by atoms with Crippen LogP contribution in [0, 0.1) is 13.8 Å². The highest BCUT2D eigenvalue weighted by atomic mass is 32.2. The summed E-state index contributed by atoms with van der Waals surface area (Å²) in [4.78, 5) is 30.0. The zero-order chi connectivity index (χ0) is 15.0. The molecule has 20 heavy (non-hydrogen) atoms. The largest absolute Gasteiger partial charge is 0.369 e. The molecular weight excluding hydrogens is 294 g/mol. The molecular formula is C13H17N3O2S2. The van der Waals surface area contributed by atoms with Gasteiger partial charge >= 0.3 is 0 Å². The molecule has 0 aliphatic carbocycles. The Morgan fingerprint density at radius 2 is 2.10 bits per heavy atom. The summed E-state index contributed by atoms with van der Waals surface area (Å²) in [5.74, 6) is -0.299. The van der Waals surface area contributed by atoms with Gasteiger partial charge in [0.1, 0.15) is 4.83 Å². The summed E-state index contributed by atoms with van der Waals surface area (Å²) >= 11 is 2.72. The highest BCUT2D eigenvalue weighted by molar-refractivity contribution is 7.99. The van der Waals surface area contributed by atoms with E-state index in [0.717, 1.165) is 15.3 Å². The maximum atomic E-state index is 12.7. The van der Waals surface area contributed by atoms with E-state index in [1.165, 1.54) is 23.1 Å². The zero-order valence-corrected chi connectivity index (χ0v) is 13.5. The van der Waals surface area contributed by atoms with Crippen molar-refractivity contribution < 1.29 is 4.79 Å². The number of aryl methyl sites for hydroxylation is 2. The quantitative estimate of drug-likeness (QED) is 0.694. The number of rotatable bonds is 4. The van der Waals surface area contributed by atoms with Crippen molar-refractivity contribution in [1.82, 2.24) is 9.55 Å². The number of fused-ring (bicyclic) bond motifs is 1. The lowest BCUT2D eigenvalue weighted by molar-refractivity contribution is -0.115. The summed E-state index contributed by atoms with van der Waals surface area (Å²) < 4.78 is 1.63. The Hall–Kier alpha value is -1.34. The maximum Gasteiger partial charge on any atom is 0.263 e. The van der Waals surface area contributed by atoms with E-state index in [1.54, 1.807) is 4.57 Å². The summed E-state index contributed by atoms with van der Waals surface area (Å²) in [6.45, 7) is 7.78. The summed E-state index contributed by atoms with van der Waals surface area (Å²) in [5, 5.41) is 1.24. The van der Waals surface area contributed by atoms with Crippen LogP contribution in [0.3, 0.4) is 0 Å². The Morgan fingerprint density at radius 1 is 1.45 bits per heavy atom. The fourth-order valence-electron chi connectivity index (χ4n) is 1.98. The first-order valence-corrected chi connectivity index (χ1v) is 8.06. The van der Waals surface area contributed by atoms with Crippen LogP contribution < -0.4 is 11.3 Å². The van der Waals surface area contributed by atoms with Crippen LogP contribution in [-0.2, 0) is 4.79 Å². The van der Waals surface area contributed by atoms with Crippen molar-refractivity contribution in [3.05, 3.63) is 20.8 Å². The Labute approximate surface area is 125 Å². The van der Waals surface area contributed by atoms with E-state index in [1.807, 2.05) is 27.7 Å². The van der Waals surface area contributed by atoms with Gasteiger partial charge in [0, 0.05) is 10.9 Å². The number of primary amides is 1. The molecule has 7 heteroatoms. The number of aromatic nitrogens is 2. The van der Waals surface area contributed by atoms with Crippen LogP contribution in [0.15, 0.2) is 9.95 Å². The van der Waals surface area contributed by atoms with E-state index in [4.69, 9.17) is 5.73 Å². The molecule has 0 saturated heterocycles. The van der Waals surface area contributed by atoms with E-state index < -0.39 is 5.91 Å². The molecule has 5 nitrogen and oxygen atoms in total. The Balaban J connectivity index is 2.70. The first kappa shape index (κ1) is 15.1. The topological polar surface area (TPSA) is 78.0 Å². The number of nitrogens with two attached hydrogens (primary N) is 1. The van der Waals surface area contributed by atoms with E-state index in [2.05, 4.69) is 4.98 Å². The number of thiophene rings is 1. The zero-order valence-electron chi connectivity index (χ0n) is 11.9. The molecule has 0 fully saturated rings. The van der Waals surface area contributed by atoms with Crippen LogP contribution in [-0.4, -0.2) is 21.2 Å². The van der Waals surface area contributed by atoms with E-state index in [0.29, 0.717) is 10.5 Å². The van der Waals surface area contributed by atoms with Crippen molar-refractivity contribution >= 4 is 39.2 Å². The second kappa shape index (κ2) is 5.57. The first-order valence-electron chi connectivity index (χ1n) is 6.26. The second-order valence-corrected chi connectivity index (χ2v) is 7.03. The molecule has 2 aromatic heterocycles. The van der Waals surface area contributed by atoms with Crippen LogP contribution in [0.1, 0.15) is 30.3 Å². The van der Waals surface area contributed by atoms with Gasteiger partial charge in [-0.25, -0.2) is 4.98 Å². The molecule has 2 rings (SSSR count). The van der Waals surface area contributed by atoms with Gasteiger partial charge in [0.2, 0.25) is 5.91 Å². The van der Waals surface area contributed by atoms with Gasteiger partial charge in [0.25, 0.3) is 5.56 Å². The number of nitrogens with zero attached hydrogens (tertiary/aromatic N) is 2. The third kappa shape index (κ3) is 2.60. The van der Waals surface area contributed by atoms with Crippen molar-refractivity contribution in [3.8, 4) is 0 Å². The molecule has 2 aromatic rings. The molecule has 2 heterocycles. The number of amides is 1. The van der Waals surface area contributed by atoms with E-state index in [-0.39, 0.29) is 17.4 Å². The molecule has 0 aliphatic rings. The molecule has 0 unspecified atom stereocenters. The highest BCUT2D eigenvalue weighted by Crippen LogP contribution is 2.29. The molecule has 108 valence electrons. The fraction of sp³-hybridized carbons (Fsp3) is 0.462. The first-order chi connectivity index (χ1) is 9.32. The van der Waals surface area contributed by atoms with Crippen molar-refractivity contribution in [2.75, 3.05) is 5.75 Å². The molecule has 2 N–H and O–H groups in total. The number of carbonyl (C=O) groups is 1. The van der Waals surface area contributed by atoms with Gasteiger partial charge in [-0.05, 0) is 33.3 Å². The van der Waals surface area contributed by atoms with Gasteiger partial charge in [-0.15, -0.1) is 11.3 Å². The van der Waals surface area contributed by atoms with E-state index >= 15 is 0 Å². The van der Waals surface area contributed by atoms with Gasteiger partial charge in [0.05, 0.1) is 11.1 Å². The van der Waals surface area contributed by atoms with Gasteiger partial charge in [-0.2, -0.15) is 0 Å². The van der Waals surface area contributed by atoms with Crippen molar-refractivity contribution in [2.45, 2.75) is 38.9 Å². The minimum absolute atomic E-state index is 0.0191. The summed E-state index contributed by atoms with van der Waals surface area (Å²) in [7, 11) is 0. The van der Waals surface area contributed by atoms with Gasteiger partial charge in [0.15, 0.2) is 5.16 Å². The third-order valence-corrected chi connectivity index (χ3v) is 5.14. The SMILES string of the molecule is Cc1sc2nc(SCC(N)=O)n(C(C)C)c(=O)c2c1C. The second-order valence-electron chi connectivity index (χ2n) is 4.88. The predicted molar refractivity (Wildman–Crippen MR) is 83.7 cm³/mol. The van der Waals surface area contributed by atoms with Crippen LogP contribution in [0.4, 0.5) is 0 Å². The highest BCUT2D eigenvalue weighted by Gasteiger charge is 2.18. The summed E-state index contributed by atoms with van der Waals surface area (Å²) in [6, 6.07) is -0.0191. The van der Waals surface area contributed by atoms with Gasteiger partial charge < -0.3 is 5.73 Å². The minimum Gasteiger partial charge on any atom is -0.369 e. The molecule has 0 saturated carbocycles. The molecule has 0 atom stereocenters. The number of carbonyl (C=O) groups excluding carboxylic acids is 1. The average Bonchev–Trinajstić information content (AvgIpc) is 2.62. The molecule has 0 aliphatic heterocycles. The van der Waals surface area contributed by atoms with Crippen LogP contribution in [0.5, 0.6) is 0 Å². The molecule has 0 spiro atoms. The van der Waals surface area contributed by atoms with Crippen molar-refractivity contribution in [1.29, 1.82) is 0 Å². The molecule has 0 aromatic carbocycles. The molecule has 1 amide bonds. The van der Waals surface area contributed by atoms with Crippen LogP contribution >= 0.6 is 23.1 Å².